The van der Waals surface area contributed by atoms with E-state index >= 15 is 0 Å². The Kier molecular flexibility index (Phi) is 5.71. The van der Waals surface area contributed by atoms with E-state index in [4.69, 9.17) is 17.3 Å². The van der Waals surface area contributed by atoms with Crippen LogP contribution in [-0.4, -0.2) is 68.4 Å². The van der Waals surface area contributed by atoms with Gasteiger partial charge >= 0.3 is 5.97 Å². The molecule has 0 aromatic heterocycles. The van der Waals surface area contributed by atoms with E-state index in [1.165, 1.54) is 15.9 Å². The number of carboxylic acid groups (broad SMARTS) is 1. The monoisotopic (exact) mass is 351 g/mol. The molecule has 1 unspecified atom stereocenters. The highest BCUT2D eigenvalue weighted by Gasteiger charge is 2.37. The molecule has 8 heteroatoms. The lowest BCUT2D eigenvalue weighted by molar-refractivity contribution is -0.141. The second-order valence-electron chi connectivity index (χ2n) is 5.54. The highest BCUT2D eigenvalue weighted by Crippen LogP contribution is 2.19. The molecule has 0 bridgehead atoms. The van der Waals surface area contributed by atoms with Crippen molar-refractivity contribution in [3.05, 3.63) is 23.9 Å². The van der Waals surface area contributed by atoms with Crippen molar-refractivity contribution in [2.45, 2.75) is 32.7 Å². The van der Waals surface area contributed by atoms with Crippen LogP contribution in [0, 0.1) is 0 Å². The Balaban J connectivity index is 2.22. The lowest BCUT2D eigenvalue weighted by Gasteiger charge is -2.35. The molecule has 0 spiro atoms. The summed E-state index contributed by atoms with van der Waals surface area (Å²) in [6.45, 7) is 5.00. The van der Waals surface area contributed by atoms with Gasteiger partial charge in [0.05, 0.1) is 0 Å². The fraction of sp³-hybridized carbons (Fsp3) is 0.500. The number of allylic oxidation sites excluding steroid dienone is 2. The Morgan fingerprint density at radius 1 is 1.25 bits per heavy atom. The summed E-state index contributed by atoms with van der Waals surface area (Å²) in [6, 6.07) is -0.552. The molecule has 2 saturated heterocycles. The van der Waals surface area contributed by atoms with Crippen LogP contribution >= 0.6 is 12.2 Å². The summed E-state index contributed by atoms with van der Waals surface area (Å²) in [6.07, 6.45) is 6.02. The third-order valence-electron chi connectivity index (χ3n) is 4.17. The summed E-state index contributed by atoms with van der Waals surface area (Å²) in [7, 11) is 0. The van der Waals surface area contributed by atoms with E-state index in [1.54, 1.807) is 31.0 Å². The minimum absolute atomic E-state index is 0.0367. The van der Waals surface area contributed by atoms with Crippen molar-refractivity contribution in [3.63, 3.8) is 0 Å². The first kappa shape index (κ1) is 18.1. The van der Waals surface area contributed by atoms with Crippen molar-refractivity contribution in [2.24, 2.45) is 0 Å². The Hall–Kier alpha value is -2.22. The molecule has 1 atom stereocenters. The molecule has 0 aromatic carbocycles. The molecule has 2 fully saturated rings. The van der Waals surface area contributed by atoms with Crippen molar-refractivity contribution in [2.75, 3.05) is 19.6 Å². The molecule has 130 valence electrons. The zero-order valence-corrected chi connectivity index (χ0v) is 14.6. The Bertz CT molecular complexity index is 601. The van der Waals surface area contributed by atoms with Crippen molar-refractivity contribution in [1.29, 1.82) is 0 Å². The van der Waals surface area contributed by atoms with Crippen LogP contribution < -0.4 is 0 Å². The van der Waals surface area contributed by atoms with Crippen LogP contribution in [0.2, 0.25) is 0 Å². The molecule has 1 N–H and O–H groups in total. The van der Waals surface area contributed by atoms with Crippen molar-refractivity contribution < 1.29 is 19.5 Å². The molecule has 2 heterocycles. The largest absolute Gasteiger partial charge is 0.480 e. The van der Waals surface area contributed by atoms with Crippen LogP contribution in [0.4, 0.5) is 0 Å². The molecule has 0 aliphatic carbocycles. The van der Waals surface area contributed by atoms with Crippen molar-refractivity contribution >= 4 is 35.1 Å². The van der Waals surface area contributed by atoms with E-state index in [1.807, 2.05) is 0 Å². The fourth-order valence-corrected chi connectivity index (χ4v) is 3.31. The van der Waals surface area contributed by atoms with Gasteiger partial charge in [0.1, 0.15) is 11.6 Å². The predicted molar refractivity (Wildman–Crippen MR) is 92.0 cm³/mol. The first-order chi connectivity index (χ1) is 11.4. The van der Waals surface area contributed by atoms with Crippen LogP contribution in [0.15, 0.2) is 23.9 Å². The van der Waals surface area contributed by atoms with E-state index in [-0.39, 0.29) is 10.7 Å². The van der Waals surface area contributed by atoms with Gasteiger partial charge in [-0.2, -0.15) is 0 Å². The number of rotatable bonds is 5. The lowest BCUT2D eigenvalue weighted by Crippen LogP contribution is -2.55. The maximum atomic E-state index is 12.4. The average Bonchev–Trinajstić information content (AvgIpc) is 3.00. The molecule has 2 aliphatic heterocycles. The molecule has 2 aliphatic rings. The van der Waals surface area contributed by atoms with Gasteiger partial charge in [0.15, 0.2) is 5.11 Å². The number of carboxylic acids is 1. The number of likely N-dealkylation sites (tertiary alicyclic amines) is 1. The summed E-state index contributed by atoms with van der Waals surface area (Å²) in [4.78, 5) is 40.5. The Labute approximate surface area is 146 Å². The first-order valence-electron chi connectivity index (χ1n) is 7.97. The molecule has 2 rings (SSSR count). The minimum atomic E-state index is -0.866. The molecule has 2 amide bonds. The molecular formula is C16H21N3O4S. The number of amides is 2. The number of likely N-dealkylation sites (N-methyl/N-ethyl adjacent to an activating group) is 2. The predicted octanol–water partition coefficient (Wildman–Crippen LogP) is 0.971. The van der Waals surface area contributed by atoms with Crippen LogP contribution in [-0.2, 0) is 14.4 Å². The molecule has 0 saturated carbocycles. The number of nitrogens with zero attached hydrogens (tertiary/aromatic N) is 3. The van der Waals surface area contributed by atoms with Gasteiger partial charge in [0, 0.05) is 19.6 Å². The Morgan fingerprint density at radius 3 is 2.33 bits per heavy atom. The van der Waals surface area contributed by atoms with Gasteiger partial charge in [0.2, 0.25) is 0 Å². The number of hydrogen-bond donors (Lipinski definition) is 1. The topological polar surface area (TPSA) is 81.2 Å². The Morgan fingerprint density at radius 2 is 1.83 bits per heavy atom. The average molecular weight is 351 g/mol. The highest BCUT2D eigenvalue weighted by atomic mass is 32.1. The third-order valence-corrected chi connectivity index (χ3v) is 4.61. The summed E-state index contributed by atoms with van der Waals surface area (Å²) >= 11 is 5.19. The summed E-state index contributed by atoms with van der Waals surface area (Å²) in [5, 5.41) is 9.38. The zero-order chi connectivity index (χ0) is 17.9. The summed E-state index contributed by atoms with van der Waals surface area (Å²) in [5.74, 6) is -1.70. The molecular weight excluding hydrogens is 330 g/mol. The van der Waals surface area contributed by atoms with Gasteiger partial charge < -0.3 is 10.0 Å². The number of carbonyl (C=O) groups is 3. The SMILES string of the molecule is CCN1C(=O)C(=CC=CN2CCCC2C(=O)O)C(=O)N(CC)C1=S. The van der Waals surface area contributed by atoms with Crippen LogP contribution in [0.25, 0.3) is 0 Å². The van der Waals surface area contributed by atoms with Gasteiger partial charge in [0.25, 0.3) is 11.8 Å². The lowest BCUT2D eigenvalue weighted by atomic mass is 10.1. The third kappa shape index (κ3) is 3.33. The van der Waals surface area contributed by atoms with Crippen LogP contribution in [0.1, 0.15) is 26.7 Å². The van der Waals surface area contributed by atoms with Crippen LogP contribution in [0.5, 0.6) is 0 Å². The molecule has 0 aromatic rings. The summed E-state index contributed by atoms with van der Waals surface area (Å²) in [5.41, 5.74) is 0.0367. The number of thiocarbonyl (C=S) groups is 1. The van der Waals surface area contributed by atoms with E-state index < -0.39 is 23.8 Å². The van der Waals surface area contributed by atoms with Gasteiger partial charge in [-0.25, -0.2) is 4.79 Å². The van der Waals surface area contributed by atoms with Gasteiger partial charge in [-0.05, 0) is 57.3 Å². The normalized spacial score (nSPS) is 22.1. The summed E-state index contributed by atoms with van der Waals surface area (Å²) < 4.78 is 0. The maximum Gasteiger partial charge on any atom is 0.326 e. The van der Waals surface area contributed by atoms with Gasteiger partial charge in [-0.3, -0.25) is 19.4 Å². The van der Waals surface area contributed by atoms with E-state index in [0.717, 1.165) is 6.42 Å². The van der Waals surface area contributed by atoms with Gasteiger partial charge in [-0.1, -0.05) is 0 Å². The zero-order valence-electron chi connectivity index (χ0n) is 13.8. The number of carbonyl (C=O) groups excluding carboxylic acids is 2. The standard InChI is InChI=1S/C16H21N3O4S/c1-3-18-13(20)11(14(21)19(4-2)16(18)24)7-5-9-17-10-6-8-12(17)15(22)23/h5,7,9,12H,3-4,6,8,10H2,1-2H3,(H,22,23). The fourth-order valence-electron chi connectivity index (χ4n) is 2.88. The second-order valence-corrected chi connectivity index (χ2v) is 5.90. The second kappa shape index (κ2) is 7.57. The maximum absolute atomic E-state index is 12.4. The van der Waals surface area contributed by atoms with Gasteiger partial charge in [-0.15, -0.1) is 0 Å². The van der Waals surface area contributed by atoms with Crippen LogP contribution in [0.3, 0.4) is 0 Å². The minimum Gasteiger partial charge on any atom is -0.480 e. The van der Waals surface area contributed by atoms with E-state index in [0.29, 0.717) is 26.1 Å². The first-order valence-corrected chi connectivity index (χ1v) is 8.37. The molecule has 0 radical (unpaired) electrons. The smallest absolute Gasteiger partial charge is 0.326 e. The molecule has 7 nitrogen and oxygen atoms in total. The number of aliphatic carboxylic acids is 1. The highest BCUT2D eigenvalue weighted by molar-refractivity contribution is 7.80. The molecule has 24 heavy (non-hydrogen) atoms. The van der Waals surface area contributed by atoms with E-state index in [9.17, 15) is 14.4 Å². The van der Waals surface area contributed by atoms with Crippen molar-refractivity contribution in [1.82, 2.24) is 14.7 Å². The number of hydrogen-bond acceptors (Lipinski definition) is 5. The quantitative estimate of drug-likeness (QED) is 0.452. The van der Waals surface area contributed by atoms with Crippen molar-refractivity contribution in [3.8, 4) is 0 Å². The van der Waals surface area contributed by atoms with E-state index in [2.05, 4.69) is 0 Å².